The van der Waals surface area contributed by atoms with Crippen LogP contribution in [0.15, 0.2) is 54.6 Å². The number of carbonyl (C=O) groups is 5. The number of carbonyl (C=O) groups excluding carboxylic acids is 5. The molecule has 1 aliphatic heterocycles. The maximum atomic E-state index is 13.8. The van der Waals surface area contributed by atoms with Crippen LogP contribution in [0.2, 0.25) is 0 Å². The van der Waals surface area contributed by atoms with Crippen LogP contribution in [0.1, 0.15) is 37.0 Å². The Labute approximate surface area is 255 Å². The van der Waals surface area contributed by atoms with Crippen LogP contribution in [-0.4, -0.2) is 81.7 Å². The third-order valence-corrected chi connectivity index (χ3v) is 8.63. The summed E-state index contributed by atoms with van der Waals surface area (Å²) >= 11 is 1.40. The molecule has 6 N–H and O–H groups in total. The monoisotopic (exact) mass is 613 g/mol. The fourth-order valence-corrected chi connectivity index (χ4v) is 5.99. The second-order valence-electron chi connectivity index (χ2n) is 10.8. The number of aliphatic hydroxyl groups is 1. The van der Waals surface area contributed by atoms with E-state index in [9.17, 15) is 29.1 Å². The highest BCUT2D eigenvalue weighted by atomic mass is 32.2. The van der Waals surface area contributed by atoms with Crippen LogP contribution in [-0.2, 0) is 36.9 Å². The molecule has 0 spiro atoms. The van der Waals surface area contributed by atoms with E-state index in [1.165, 1.54) is 16.7 Å². The van der Waals surface area contributed by atoms with Crippen LogP contribution in [0, 0.1) is 6.92 Å². The number of primary amides is 1. The van der Waals surface area contributed by atoms with Gasteiger partial charge in [-0.25, -0.2) is 4.79 Å². The Bertz CT molecular complexity index is 1320. The highest BCUT2D eigenvalue weighted by Gasteiger charge is 2.49. The highest BCUT2D eigenvalue weighted by molar-refractivity contribution is 8.00. The molecule has 1 saturated heterocycles. The first-order valence-electron chi connectivity index (χ1n) is 13.8. The van der Waals surface area contributed by atoms with Crippen molar-refractivity contribution in [1.82, 2.24) is 20.9 Å². The average Bonchev–Trinajstić information content (AvgIpc) is 3.29. The number of benzene rings is 2. The van der Waals surface area contributed by atoms with Crippen molar-refractivity contribution in [1.29, 1.82) is 0 Å². The molecule has 1 fully saturated rings. The van der Waals surface area contributed by atoms with Gasteiger partial charge >= 0.3 is 6.09 Å². The minimum atomic E-state index is -1.77. The molecule has 0 bridgehead atoms. The number of ether oxygens (including phenoxy) is 1. The Hall–Kier alpha value is -4.10. The van der Waals surface area contributed by atoms with Crippen molar-refractivity contribution in [2.75, 3.05) is 13.0 Å². The molecule has 4 atom stereocenters. The second kappa shape index (κ2) is 14.9. The van der Waals surface area contributed by atoms with E-state index >= 15 is 0 Å². The molecule has 43 heavy (non-hydrogen) atoms. The topological polar surface area (TPSA) is 180 Å². The van der Waals surface area contributed by atoms with Crippen LogP contribution in [0.3, 0.4) is 0 Å². The van der Waals surface area contributed by atoms with E-state index in [0.717, 1.165) is 18.2 Å². The third kappa shape index (κ3) is 8.94. The Morgan fingerprint density at radius 2 is 1.72 bits per heavy atom. The number of nitrogens with two attached hydrogens (primary N) is 1. The molecule has 0 radical (unpaired) electrons. The zero-order valence-electron chi connectivity index (χ0n) is 24.7. The summed E-state index contributed by atoms with van der Waals surface area (Å²) < 4.78 is 3.88. The molecule has 2 aromatic carbocycles. The largest absolute Gasteiger partial charge is 0.453 e. The smallest absolute Gasteiger partial charge is 0.407 e. The molecule has 13 heteroatoms. The second-order valence-corrected chi connectivity index (χ2v) is 12.4. The molecule has 0 unspecified atom stereocenters. The van der Waals surface area contributed by atoms with Crippen LogP contribution >= 0.6 is 11.8 Å². The minimum Gasteiger partial charge on any atom is -0.453 e. The van der Waals surface area contributed by atoms with Gasteiger partial charge in [-0.15, -0.1) is 11.8 Å². The number of aryl methyl sites for hydroxylation is 1. The van der Waals surface area contributed by atoms with Gasteiger partial charge in [-0.1, -0.05) is 54.6 Å². The molecule has 1 aliphatic rings. The van der Waals surface area contributed by atoms with E-state index in [2.05, 4.69) is 20.7 Å². The van der Waals surface area contributed by atoms with Crippen molar-refractivity contribution >= 4 is 41.5 Å². The minimum absolute atomic E-state index is 0.0372. The van der Waals surface area contributed by atoms with Crippen LogP contribution in [0.25, 0.3) is 0 Å². The lowest BCUT2D eigenvalue weighted by Gasteiger charge is -2.33. The first-order chi connectivity index (χ1) is 20.3. The lowest BCUT2D eigenvalue weighted by molar-refractivity contribution is -0.148. The normalized spacial score (nSPS) is 17.7. The number of alkyl carbamates (subject to hydrolysis) is 1. The lowest BCUT2D eigenvalue weighted by Crippen LogP contribution is -2.60. The maximum Gasteiger partial charge on any atom is 0.407 e. The molecule has 5 amide bonds. The highest BCUT2D eigenvalue weighted by Crippen LogP contribution is 2.40. The Kier molecular flexibility index (Phi) is 11.6. The van der Waals surface area contributed by atoms with Gasteiger partial charge in [0.05, 0.1) is 25.4 Å². The first kappa shape index (κ1) is 33.4. The first-order valence-corrected chi connectivity index (χ1v) is 14.7. The van der Waals surface area contributed by atoms with Gasteiger partial charge in [0.25, 0.3) is 5.91 Å². The molecule has 3 rings (SSSR count). The SMILES string of the molecule is COC(=O)N[C@@H](CC(N)=O)C(=O)N[C@@H](Cc1ccccc1)[C@H](O)C(=O)N1CSC(C)(C)[C@H]1C(=O)NCc1ccccc1C. The molecule has 2 aromatic rings. The molecule has 0 aliphatic carbocycles. The predicted molar refractivity (Wildman–Crippen MR) is 161 cm³/mol. The van der Waals surface area contributed by atoms with Crippen LogP contribution in [0.4, 0.5) is 4.79 Å². The number of rotatable bonds is 12. The van der Waals surface area contributed by atoms with E-state index in [4.69, 9.17) is 5.73 Å². The molecule has 1 heterocycles. The average molecular weight is 614 g/mol. The van der Waals surface area contributed by atoms with E-state index in [1.807, 2.05) is 45.0 Å². The summed E-state index contributed by atoms with van der Waals surface area (Å²) in [5.74, 6) is -2.68. The van der Waals surface area contributed by atoms with Gasteiger partial charge in [0.15, 0.2) is 6.10 Å². The molecule has 0 saturated carbocycles. The summed E-state index contributed by atoms with van der Waals surface area (Å²) in [5, 5.41) is 19.2. The molecular formula is C30H39N5O7S. The van der Waals surface area contributed by atoms with Crippen molar-refractivity contribution in [2.24, 2.45) is 5.73 Å². The van der Waals surface area contributed by atoms with E-state index in [0.29, 0.717) is 5.56 Å². The van der Waals surface area contributed by atoms with Crippen LogP contribution < -0.4 is 21.7 Å². The Morgan fingerprint density at radius 1 is 1.07 bits per heavy atom. The number of hydrogen-bond donors (Lipinski definition) is 5. The van der Waals surface area contributed by atoms with Gasteiger partial charge in [-0.2, -0.15) is 0 Å². The van der Waals surface area contributed by atoms with Gasteiger partial charge in [-0.3, -0.25) is 19.2 Å². The molecular weight excluding hydrogens is 574 g/mol. The number of amides is 5. The van der Waals surface area contributed by atoms with E-state index < -0.39 is 59.2 Å². The number of methoxy groups -OCH3 is 1. The lowest BCUT2D eigenvalue weighted by atomic mass is 9.96. The van der Waals surface area contributed by atoms with E-state index in [1.54, 1.807) is 30.3 Å². The summed E-state index contributed by atoms with van der Waals surface area (Å²) in [5.41, 5.74) is 7.93. The van der Waals surface area contributed by atoms with Crippen molar-refractivity contribution in [3.63, 3.8) is 0 Å². The van der Waals surface area contributed by atoms with Crippen molar-refractivity contribution in [2.45, 2.75) is 69.1 Å². The number of aliphatic hydroxyl groups excluding tert-OH is 1. The number of hydrogen-bond acceptors (Lipinski definition) is 8. The quantitative estimate of drug-likeness (QED) is 0.235. The summed E-state index contributed by atoms with van der Waals surface area (Å²) in [4.78, 5) is 65.2. The number of nitrogens with zero attached hydrogens (tertiary/aromatic N) is 1. The van der Waals surface area contributed by atoms with Crippen molar-refractivity contribution in [3.8, 4) is 0 Å². The van der Waals surface area contributed by atoms with Crippen molar-refractivity contribution in [3.05, 3.63) is 71.3 Å². The van der Waals surface area contributed by atoms with Gasteiger partial charge in [0.1, 0.15) is 12.1 Å². The fourth-order valence-electron chi connectivity index (χ4n) is 4.85. The predicted octanol–water partition coefficient (Wildman–Crippen LogP) is 0.980. The number of nitrogens with one attached hydrogen (secondary N) is 3. The molecule has 12 nitrogen and oxygen atoms in total. The molecule has 232 valence electrons. The fraction of sp³-hybridized carbons (Fsp3) is 0.433. The Morgan fingerprint density at radius 3 is 2.35 bits per heavy atom. The standard InChI is InChI=1S/C30H39N5O7S/c1-18-10-8-9-13-20(18)16-32-27(39)25-30(2,3)43-17-35(25)28(40)24(37)21(14-19-11-6-5-7-12-19)33-26(38)22(15-23(31)36)34-29(41)42-4/h5-13,21-22,24-25,37H,14-17H2,1-4H3,(H2,31,36)(H,32,39)(H,33,38)(H,34,41)/t21-,22-,24-,25+/m0/s1. The van der Waals surface area contributed by atoms with E-state index in [-0.39, 0.29) is 24.7 Å². The Balaban J connectivity index is 1.84. The summed E-state index contributed by atoms with van der Waals surface area (Å²) in [6, 6.07) is 13.0. The zero-order chi connectivity index (χ0) is 31.7. The van der Waals surface area contributed by atoms with Crippen LogP contribution in [0.5, 0.6) is 0 Å². The van der Waals surface area contributed by atoms with Gasteiger partial charge in [0, 0.05) is 11.3 Å². The zero-order valence-corrected chi connectivity index (χ0v) is 25.5. The molecule has 0 aromatic heterocycles. The van der Waals surface area contributed by atoms with Gasteiger partial charge < -0.3 is 36.4 Å². The summed E-state index contributed by atoms with van der Waals surface area (Å²) in [6.07, 6.45) is -3.23. The van der Waals surface area contributed by atoms with Crippen molar-refractivity contribution < 1.29 is 33.8 Å². The third-order valence-electron chi connectivity index (χ3n) is 7.25. The number of thioether (sulfide) groups is 1. The summed E-state index contributed by atoms with van der Waals surface area (Å²) in [7, 11) is 1.10. The van der Waals surface area contributed by atoms with Gasteiger partial charge in [-0.05, 0) is 43.9 Å². The summed E-state index contributed by atoms with van der Waals surface area (Å²) in [6.45, 7) is 5.92. The van der Waals surface area contributed by atoms with Gasteiger partial charge in [0.2, 0.25) is 17.7 Å². The maximum absolute atomic E-state index is 13.8.